The molecule has 4 rings (SSSR count). The lowest BCUT2D eigenvalue weighted by Crippen LogP contribution is -2.46. The molecule has 0 aliphatic carbocycles. The van der Waals surface area contributed by atoms with Crippen molar-refractivity contribution < 1.29 is 9.13 Å². The molecule has 0 radical (unpaired) electrons. The first-order chi connectivity index (χ1) is 15.2. The number of piperazine rings is 1. The number of halogens is 2. The largest absolute Gasteiger partial charge is 0.486 e. The molecule has 0 spiro atoms. The Kier molecular flexibility index (Phi) is 7.57. The van der Waals surface area contributed by atoms with E-state index < -0.39 is 0 Å². The lowest BCUT2D eigenvalue weighted by molar-refractivity contribution is 0.106. The molecule has 0 saturated carbocycles. The molecule has 1 saturated heterocycles. The average molecular weight is 439 g/mol. The Bertz CT molecular complexity index is 943. The van der Waals surface area contributed by atoms with Crippen molar-refractivity contribution in [3.05, 3.63) is 101 Å². The van der Waals surface area contributed by atoms with Gasteiger partial charge in [0.2, 0.25) is 0 Å². The Morgan fingerprint density at radius 3 is 2.26 bits per heavy atom. The van der Waals surface area contributed by atoms with Gasteiger partial charge in [0.05, 0.1) is 0 Å². The molecular formula is C26H28ClFN2O. The standard InChI is InChI=1S/C26H28ClFN2O/c27-23-11-9-22(10-12-23)26(31-25-8-4-7-24(28)19-25)13-14-29-15-17-30(18-16-29)20-21-5-2-1-3-6-21/h1-12,19,26H,13-18,20H2. The summed E-state index contributed by atoms with van der Waals surface area (Å²) in [6.45, 7) is 6.14. The summed E-state index contributed by atoms with van der Waals surface area (Å²) in [5, 5.41) is 0.697. The molecule has 3 aromatic rings. The molecule has 3 nitrogen and oxygen atoms in total. The maximum absolute atomic E-state index is 13.6. The Hall–Kier alpha value is -2.40. The van der Waals surface area contributed by atoms with E-state index in [-0.39, 0.29) is 11.9 Å². The number of rotatable bonds is 8. The molecule has 0 bridgehead atoms. The van der Waals surface area contributed by atoms with E-state index in [4.69, 9.17) is 16.3 Å². The zero-order valence-electron chi connectivity index (χ0n) is 17.6. The van der Waals surface area contributed by atoms with Gasteiger partial charge in [0.1, 0.15) is 17.7 Å². The van der Waals surface area contributed by atoms with Gasteiger partial charge in [-0.3, -0.25) is 4.90 Å². The lowest BCUT2D eigenvalue weighted by atomic mass is 10.1. The Morgan fingerprint density at radius 2 is 1.55 bits per heavy atom. The van der Waals surface area contributed by atoms with Crippen LogP contribution in [0.5, 0.6) is 5.75 Å². The number of nitrogens with zero attached hydrogens (tertiary/aromatic N) is 2. The number of ether oxygens (including phenoxy) is 1. The highest BCUT2D eigenvalue weighted by Gasteiger charge is 2.20. The third-order valence-electron chi connectivity index (χ3n) is 5.74. The van der Waals surface area contributed by atoms with Crippen LogP contribution in [0.25, 0.3) is 0 Å². The SMILES string of the molecule is Fc1cccc(OC(CCN2CCN(Cc3ccccc3)CC2)c2ccc(Cl)cc2)c1. The molecule has 31 heavy (non-hydrogen) atoms. The second kappa shape index (κ2) is 10.8. The third-order valence-corrected chi connectivity index (χ3v) is 5.99. The van der Waals surface area contributed by atoms with Crippen molar-refractivity contribution in [2.24, 2.45) is 0 Å². The molecule has 1 unspecified atom stereocenters. The van der Waals surface area contributed by atoms with Gasteiger partial charge in [-0.1, -0.05) is 60.1 Å². The highest BCUT2D eigenvalue weighted by Crippen LogP contribution is 2.27. The van der Waals surface area contributed by atoms with Crippen molar-refractivity contribution in [1.82, 2.24) is 9.80 Å². The van der Waals surface area contributed by atoms with E-state index in [0.29, 0.717) is 10.8 Å². The Morgan fingerprint density at radius 1 is 0.839 bits per heavy atom. The molecule has 0 aromatic heterocycles. The van der Waals surface area contributed by atoms with Gasteiger partial charge in [0.25, 0.3) is 0 Å². The summed E-state index contributed by atoms with van der Waals surface area (Å²) in [4.78, 5) is 4.99. The monoisotopic (exact) mass is 438 g/mol. The smallest absolute Gasteiger partial charge is 0.126 e. The molecule has 1 aliphatic rings. The fourth-order valence-electron chi connectivity index (χ4n) is 3.99. The molecule has 0 amide bonds. The van der Waals surface area contributed by atoms with E-state index in [2.05, 4.69) is 40.1 Å². The van der Waals surface area contributed by atoms with Gasteiger partial charge in [0.15, 0.2) is 0 Å². The van der Waals surface area contributed by atoms with Crippen molar-refractivity contribution in [3.8, 4) is 5.75 Å². The van der Waals surface area contributed by atoms with Crippen molar-refractivity contribution in [3.63, 3.8) is 0 Å². The molecular weight excluding hydrogens is 411 g/mol. The van der Waals surface area contributed by atoms with Gasteiger partial charge in [-0.15, -0.1) is 0 Å². The molecule has 3 aromatic carbocycles. The van der Waals surface area contributed by atoms with Crippen LogP contribution < -0.4 is 4.74 Å². The second-order valence-corrected chi connectivity index (χ2v) is 8.44. The summed E-state index contributed by atoms with van der Waals surface area (Å²) >= 11 is 6.06. The van der Waals surface area contributed by atoms with Crippen LogP contribution in [-0.4, -0.2) is 42.5 Å². The van der Waals surface area contributed by atoms with Crippen LogP contribution in [0.2, 0.25) is 5.02 Å². The summed E-state index contributed by atoms with van der Waals surface area (Å²) < 4.78 is 19.8. The first-order valence-corrected chi connectivity index (χ1v) is 11.2. The van der Waals surface area contributed by atoms with Gasteiger partial charge < -0.3 is 9.64 Å². The minimum absolute atomic E-state index is 0.151. The van der Waals surface area contributed by atoms with Gasteiger partial charge in [0, 0.05) is 56.8 Å². The Labute approximate surface area is 189 Å². The molecule has 162 valence electrons. The van der Waals surface area contributed by atoms with Crippen LogP contribution in [0, 0.1) is 5.82 Å². The number of hydrogen-bond acceptors (Lipinski definition) is 3. The zero-order chi connectivity index (χ0) is 21.5. The molecule has 1 fully saturated rings. The maximum Gasteiger partial charge on any atom is 0.126 e. The summed E-state index contributed by atoms with van der Waals surface area (Å²) in [5.74, 6) is 0.259. The maximum atomic E-state index is 13.6. The van der Waals surface area contributed by atoms with Crippen LogP contribution in [-0.2, 0) is 6.54 Å². The van der Waals surface area contributed by atoms with Crippen LogP contribution in [0.1, 0.15) is 23.7 Å². The van der Waals surface area contributed by atoms with Crippen molar-refractivity contribution >= 4 is 11.6 Å². The zero-order valence-corrected chi connectivity index (χ0v) is 18.3. The minimum Gasteiger partial charge on any atom is -0.486 e. The summed E-state index contributed by atoms with van der Waals surface area (Å²) in [5.41, 5.74) is 2.42. The normalized spacial score (nSPS) is 16.2. The van der Waals surface area contributed by atoms with E-state index in [1.54, 1.807) is 12.1 Å². The van der Waals surface area contributed by atoms with Crippen LogP contribution in [0.4, 0.5) is 4.39 Å². The van der Waals surface area contributed by atoms with Crippen LogP contribution in [0.3, 0.4) is 0 Å². The minimum atomic E-state index is -0.290. The lowest BCUT2D eigenvalue weighted by Gasteiger charge is -2.35. The highest BCUT2D eigenvalue weighted by atomic mass is 35.5. The Balaban J connectivity index is 1.33. The average Bonchev–Trinajstić information content (AvgIpc) is 2.79. The molecule has 0 N–H and O–H groups in total. The fraction of sp³-hybridized carbons (Fsp3) is 0.308. The van der Waals surface area contributed by atoms with Crippen molar-refractivity contribution in [1.29, 1.82) is 0 Å². The van der Waals surface area contributed by atoms with E-state index in [9.17, 15) is 4.39 Å². The second-order valence-electron chi connectivity index (χ2n) is 8.01. The quantitative estimate of drug-likeness (QED) is 0.441. The first-order valence-electron chi connectivity index (χ1n) is 10.8. The number of benzene rings is 3. The van der Waals surface area contributed by atoms with E-state index in [1.807, 2.05) is 24.3 Å². The van der Waals surface area contributed by atoms with Gasteiger partial charge >= 0.3 is 0 Å². The van der Waals surface area contributed by atoms with E-state index in [1.165, 1.54) is 17.7 Å². The van der Waals surface area contributed by atoms with E-state index in [0.717, 1.165) is 51.3 Å². The highest BCUT2D eigenvalue weighted by molar-refractivity contribution is 6.30. The van der Waals surface area contributed by atoms with E-state index >= 15 is 0 Å². The predicted octanol–water partition coefficient (Wildman–Crippen LogP) is 5.81. The molecule has 1 heterocycles. The summed E-state index contributed by atoms with van der Waals surface area (Å²) in [6, 6.07) is 24.7. The third kappa shape index (κ3) is 6.54. The van der Waals surface area contributed by atoms with Crippen LogP contribution >= 0.6 is 11.6 Å². The van der Waals surface area contributed by atoms with Gasteiger partial charge in [-0.05, 0) is 35.4 Å². The van der Waals surface area contributed by atoms with Crippen LogP contribution in [0.15, 0.2) is 78.9 Å². The molecule has 1 aliphatic heterocycles. The topological polar surface area (TPSA) is 15.7 Å². The summed E-state index contributed by atoms with van der Waals surface area (Å²) in [6.07, 6.45) is 0.679. The van der Waals surface area contributed by atoms with Gasteiger partial charge in [-0.25, -0.2) is 4.39 Å². The van der Waals surface area contributed by atoms with Crippen molar-refractivity contribution in [2.45, 2.75) is 19.1 Å². The van der Waals surface area contributed by atoms with Crippen molar-refractivity contribution in [2.75, 3.05) is 32.7 Å². The fourth-order valence-corrected chi connectivity index (χ4v) is 4.11. The summed E-state index contributed by atoms with van der Waals surface area (Å²) in [7, 11) is 0. The predicted molar refractivity (Wildman–Crippen MR) is 124 cm³/mol. The van der Waals surface area contributed by atoms with Gasteiger partial charge in [-0.2, -0.15) is 0 Å². The molecule has 1 atom stereocenters. The first kappa shape index (κ1) is 21.8. The number of hydrogen-bond donors (Lipinski definition) is 0. The molecule has 5 heteroatoms.